The van der Waals surface area contributed by atoms with Crippen molar-refractivity contribution < 1.29 is 0 Å². The molecule has 0 amide bonds. The molecule has 3 aromatic carbocycles. The summed E-state index contributed by atoms with van der Waals surface area (Å²) in [7, 11) is 0. The first-order chi connectivity index (χ1) is 12.8. The molecule has 5 aromatic rings. The third kappa shape index (κ3) is 2.33. The van der Waals surface area contributed by atoms with E-state index in [0.29, 0.717) is 10.6 Å². The molecule has 5 heteroatoms. The quantitative estimate of drug-likeness (QED) is 0.438. The topological polar surface area (TPSA) is 46.5 Å². The number of aromatic nitrogens is 4. The minimum Gasteiger partial charge on any atom is -0.266 e. The molecule has 0 spiro atoms. The van der Waals surface area contributed by atoms with Crippen LogP contribution in [-0.2, 0) is 0 Å². The number of nitrogens with one attached hydrogen (secondary N) is 1. The van der Waals surface area contributed by atoms with E-state index in [9.17, 15) is 0 Å². The highest BCUT2D eigenvalue weighted by molar-refractivity contribution is 7.71. The Morgan fingerprint density at radius 1 is 0.769 bits per heavy atom. The van der Waals surface area contributed by atoms with Crippen molar-refractivity contribution in [3.8, 4) is 17.2 Å². The molecule has 2 aromatic heterocycles. The second-order valence-corrected chi connectivity index (χ2v) is 6.46. The van der Waals surface area contributed by atoms with Crippen LogP contribution in [-0.4, -0.2) is 19.7 Å². The van der Waals surface area contributed by atoms with Crippen molar-refractivity contribution in [1.82, 2.24) is 19.7 Å². The normalized spacial score (nSPS) is 11.2. The van der Waals surface area contributed by atoms with E-state index in [1.807, 2.05) is 53.1 Å². The first-order valence-electron chi connectivity index (χ1n) is 8.33. The molecule has 0 aliphatic carbocycles. The lowest BCUT2D eigenvalue weighted by Gasteiger charge is -2.10. The lowest BCUT2D eigenvalue weighted by Crippen LogP contribution is -2.00. The fraction of sp³-hybridized carbons (Fsp3) is 0. The van der Waals surface area contributed by atoms with E-state index in [0.717, 1.165) is 33.1 Å². The monoisotopic (exact) mass is 354 g/mol. The summed E-state index contributed by atoms with van der Waals surface area (Å²) in [5.41, 5.74) is 2.71. The number of rotatable bonds is 2. The van der Waals surface area contributed by atoms with Gasteiger partial charge in [-0.05, 0) is 35.8 Å². The van der Waals surface area contributed by atoms with Gasteiger partial charge in [0.2, 0.25) is 0 Å². The highest BCUT2D eigenvalue weighted by Gasteiger charge is 2.14. The van der Waals surface area contributed by atoms with E-state index in [1.165, 1.54) is 0 Å². The molecule has 26 heavy (non-hydrogen) atoms. The van der Waals surface area contributed by atoms with Crippen molar-refractivity contribution in [2.75, 3.05) is 0 Å². The van der Waals surface area contributed by atoms with Crippen molar-refractivity contribution in [3.63, 3.8) is 0 Å². The van der Waals surface area contributed by atoms with Gasteiger partial charge in [0.15, 0.2) is 10.6 Å². The van der Waals surface area contributed by atoms with E-state index >= 15 is 0 Å². The molecule has 1 N–H and O–H groups in total. The first kappa shape index (κ1) is 15.0. The van der Waals surface area contributed by atoms with Crippen LogP contribution in [0, 0.1) is 4.77 Å². The molecule has 0 bridgehead atoms. The van der Waals surface area contributed by atoms with Gasteiger partial charge in [-0.1, -0.05) is 60.7 Å². The van der Waals surface area contributed by atoms with Gasteiger partial charge in [-0.25, -0.2) is 4.98 Å². The average Bonchev–Trinajstić information content (AvgIpc) is 3.08. The molecule has 5 rings (SSSR count). The summed E-state index contributed by atoms with van der Waals surface area (Å²) < 4.78 is 2.50. The number of nitrogens with zero attached hydrogens (tertiary/aromatic N) is 3. The van der Waals surface area contributed by atoms with Crippen LogP contribution < -0.4 is 0 Å². The molecule has 0 aliphatic heterocycles. The minimum absolute atomic E-state index is 0.548. The van der Waals surface area contributed by atoms with Crippen LogP contribution in [0.3, 0.4) is 0 Å². The summed E-state index contributed by atoms with van der Waals surface area (Å²) in [5, 5.41) is 10.8. The summed E-state index contributed by atoms with van der Waals surface area (Å²) in [6, 6.07) is 26.5. The van der Waals surface area contributed by atoms with Crippen molar-refractivity contribution in [2.45, 2.75) is 0 Å². The first-order valence-corrected chi connectivity index (χ1v) is 8.74. The van der Waals surface area contributed by atoms with Gasteiger partial charge in [0.05, 0.1) is 11.2 Å². The molecule has 0 atom stereocenters. The van der Waals surface area contributed by atoms with Gasteiger partial charge in [-0.3, -0.25) is 9.67 Å². The van der Waals surface area contributed by atoms with Gasteiger partial charge in [0.1, 0.15) is 5.69 Å². The van der Waals surface area contributed by atoms with Crippen LogP contribution >= 0.6 is 12.2 Å². The van der Waals surface area contributed by atoms with Crippen LogP contribution in [0.1, 0.15) is 0 Å². The zero-order valence-electron chi connectivity index (χ0n) is 13.8. The van der Waals surface area contributed by atoms with E-state index in [-0.39, 0.29) is 0 Å². The van der Waals surface area contributed by atoms with Crippen molar-refractivity contribution in [3.05, 3.63) is 83.6 Å². The summed E-state index contributed by atoms with van der Waals surface area (Å²) in [4.78, 5) is 4.78. The number of aromatic amines is 1. The SMILES string of the molecule is S=c1[nH]nc(-c2ccc3ccccc3n2)n1-c1cccc2ccccc12. The minimum atomic E-state index is 0.548. The Kier molecular flexibility index (Phi) is 3.40. The van der Waals surface area contributed by atoms with Gasteiger partial charge < -0.3 is 0 Å². The zero-order valence-corrected chi connectivity index (χ0v) is 14.6. The molecule has 0 fully saturated rings. The summed E-state index contributed by atoms with van der Waals surface area (Å²) in [6.07, 6.45) is 0. The van der Waals surface area contributed by atoms with Gasteiger partial charge in [-0.15, -0.1) is 0 Å². The Balaban J connectivity index is 1.79. The molecule has 0 saturated carbocycles. The lowest BCUT2D eigenvalue weighted by molar-refractivity contribution is 1.04. The maximum absolute atomic E-state index is 5.53. The number of para-hydroxylation sites is 1. The van der Waals surface area contributed by atoms with Crippen molar-refractivity contribution in [1.29, 1.82) is 0 Å². The third-order valence-corrected chi connectivity index (χ3v) is 4.78. The number of fused-ring (bicyclic) bond motifs is 2. The highest BCUT2D eigenvalue weighted by atomic mass is 32.1. The Morgan fingerprint density at radius 3 is 2.46 bits per heavy atom. The molecule has 0 radical (unpaired) electrons. The van der Waals surface area contributed by atoms with E-state index in [1.54, 1.807) is 0 Å². The molecule has 0 aliphatic rings. The second kappa shape index (κ2) is 5.89. The van der Waals surface area contributed by atoms with Gasteiger partial charge in [-0.2, -0.15) is 5.10 Å². The summed E-state index contributed by atoms with van der Waals surface area (Å²) >= 11 is 5.53. The van der Waals surface area contributed by atoms with E-state index in [2.05, 4.69) is 40.5 Å². The lowest BCUT2D eigenvalue weighted by atomic mass is 10.1. The van der Waals surface area contributed by atoms with Crippen LogP contribution in [0.15, 0.2) is 78.9 Å². The Hall–Kier alpha value is -3.31. The second-order valence-electron chi connectivity index (χ2n) is 6.08. The van der Waals surface area contributed by atoms with E-state index < -0.39 is 0 Å². The third-order valence-electron chi connectivity index (χ3n) is 4.51. The number of hydrogen-bond donors (Lipinski definition) is 1. The highest BCUT2D eigenvalue weighted by Crippen LogP contribution is 2.27. The van der Waals surface area contributed by atoms with Gasteiger partial charge >= 0.3 is 0 Å². The van der Waals surface area contributed by atoms with Gasteiger partial charge in [0.25, 0.3) is 0 Å². The number of benzene rings is 3. The molecule has 124 valence electrons. The smallest absolute Gasteiger partial charge is 0.200 e. The van der Waals surface area contributed by atoms with Crippen LogP contribution in [0.5, 0.6) is 0 Å². The molecular weight excluding hydrogens is 340 g/mol. The van der Waals surface area contributed by atoms with Crippen molar-refractivity contribution >= 4 is 33.9 Å². The standard InChI is InChI=1S/C21H14N4S/c26-21-24-23-20(18-13-12-15-7-2-4-10-17(15)22-18)25(21)19-11-5-8-14-6-1-3-9-16(14)19/h1-13H,(H,24,26). The van der Waals surface area contributed by atoms with Gasteiger partial charge in [0, 0.05) is 10.8 Å². The fourth-order valence-corrected chi connectivity index (χ4v) is 3.52. The Labute approximate surface area is 154 Å². The Bertz CT molecular complexity index is 1310. The van der Waals surface area contributed by atoms with Crippen LogP contribution in [0.2, 0.25) is 0 Å². The molecular formula is C21H14N4S. The predicted molar refractivity (Wildman–Crippen MR) is 107 cm³/mol. The number of H-pyrrole nitrogens is 1. The van der Waals surface area contributed by atoms with Crippen LogP contribution in [0.25, 0.3) is 38.9 Å². The molecule has 4 nitrogen and oxygen atoms in total. The Morgan fingerprint density at radius 2 is 1.54 bits per heavy atom. The fourth-order valence-electron chi connectivity index (χ4n) is 3.29. The largest absolute Gasteiger partial charge is 0.266 e. The molecule has 2 heterocycles. The zero-order chi connectivity index (χ0) is 17.5. The average molecular weight is 354 g/mol. The maximum Gasteiger partial charge on any atom is 0.200 e. The molecule has 0 unspecified atom stereocenters. The van der Waals surface area contributed by atoms with Crippen LogP contribution in [0.4, 0.5) is 0 Å². The predicted octanol–water partition coefficient (Wildman–Crippen LogP) is 5.30. The molecule has 0 saturated heterocycles. The van der Waals surface area contributed by atoms with Crippen molar-refractivity contribution in [2.24, 2.45) is 0 Å². The summed E-state index contributed by atoms with van der Waals surface area (Å²) in [5.74, 6) is 0.706. The summed E-state index contributed by atoms with van der Waals surface area (Å²) in [6.45, 7) is 0. The maximum atomic E-state index is 5.53. The number of pyridine rings is 1. The number of hydrogen-bond acceptors (Lipinski definition) is 3. The van der Waals surface area contributed by atoms with E-state index in [4.69, 9.17) is 17.2 Å².